The molecular formula is C16H23NO3. The Balaban J connectivity index is 1.77. The molecule has 0 saturated heterocycles. The van der Waals surface area contributed by atoms with Crippen LogP contribution in [0.4, 0.5) is 0 Å². The lowest BCUT2D eigenvalue weighted by Gasteiger charge is -2.26. The number of amides is 1. The number of hydrogen-bond donors (Lipinski definition) is 3. The maximum atomic E-state index is 11.9. The number of carbonyl (C=O) groups is 1. The van der Waals surface area contributed by atoms with Crippen LogP contribution >= 0.6 is 0 Å². The molecule has 0 unspecified atom stereocenters. The van der Waals surface area contributed by atoms with Crippen molar-refractivity contribution in [1.82, 2.24) is 5.32 Å². The van der Waals surface area contributed by atoms with Crippen molar-refractivity contribution in [2.24, 2.45) is 11.8 Å². The molecule has 0 aliphatic heterocycles. The second kappa shape index (κ2) is 6.64. The third-order valence-corrected chi connectivity index (χ3v) is 4.20. The fraction of sp³-hybridized carbons (Fsp3) is 0.562. The van der Waals surface area contributed by atoms with Crippen LogP contribution in [0, 0.1) is 11.8 Å². The summed E-state index contributed by atoms with van der Waals surface area (Å²) in [6.07, 6.45) is 6.08. The molecule has 1 amide bonds. The molecule has 110 valence electrons. The van der Waals surface area contributed by atoms with Crippen molar-refractivity contribution in [2.75, 3.05) is 6.54 Å². The Morgan fingerprint density at radius 1 is 1.25 bits per heavy atom. The van der Waals surface area contributed by atoms with Gasteiger partial charge in [0.2, 0.25) is 0 Å². The topological polar surface area (TPSA) is 69.6 Å². The molecule has 0 aromatic heterocycles. The van der Waals surface area contributed by atoms with E-state index >= 15 is 0 Å². The first-order chi connectivity index (χ1) is 9.56. The summed E-state index contributed by atoms with van der Waals surface area (Å²) >= 11 is 0. The predicted octanol–water partition coefficient (Wildman–Crippen LogP) is 3.04. The van der Waals surface area contributed by atoms with Crippen molar-refractivity contribution in [3.8, 4) is 11.5 Å². The van der Waals surface area contributed by atoms with E-state index in [1.54, 1.807) is 0 Å². The van der Waals surface area contributed by atoms with Gasteiger partial charge in [-0.1, -0.05) is 32.6 Å². The van der Waals surface area contributed by atoms with Crippen molar-refractivity contribution < 1.29 is 15.0 Å². The van der Waals surface area contributed by atoms with Crippen molar-refractivity contribution in [1.29, 1.82) is 0 Å². The van der Waals surface area contributed by atoms with E-state index in [1.165, 1.54) is 43.9 Å². The van der Waals surface area contributed by atoms with Crippen molar-refractivity contribution in [3.63, 3.8) is 0 Å². The van der Waals surface area contributed by atoms with Gasteiger partial charge in [0.15, 0.2) is 0 Å². The van der Waals surface area contributed by atoms with Gasteiger partial charge in [0.05, 0.1) is 5.56 Å². The predicted molar refractivity (Wildman–Crippen MR) is 77.8 cm³/mol. The summed E-state index contributed by atoms with van der Waals surface area (Å²) in [4.78, 5) is 11.9. The van der Waals surface area contributed by atoms with Crippen molar-refractivity contribution in [2.45, 2.75) is 39.0 Å². The van der Waals surface area contributed by atoms with Gasteiger partial charge in [0, 0.05) is 12.6 Å². The molecule has 1 saturated carbocycles. The first-order valence-corrected chi connectivity index (χ1v) is 7.36. The molecular weight excluding hydrogens is 254 g/mol. The average molecular weight is 277 g/mol. The van der Waals surface area contributed by atoms with Crippen LogP contribution in [0.3, 0.4) is 0 Å². The SMILES string of the molecule is CC1CCC(CCNC(=O)c2ccc(O)cc2O)CC1. The second-order valence-electron chi connectivity index (χ2n) is 5.87. The van der Waals surface area contributed by atoms with E-state index in [4.69, 9.17) is 0 Å². The highest BCUT2D eigenvalue weighted by Crippen LogP contribution is 2.30. The molecule has 1 aliphatic carbocycles. The van der Waals surface area contributed by atoms with E-state index in [0.717, 1.165) is 12.3 Å². The standard InChI is InChI=1S/C16H23NO3/c1-11-2-4-12(5-3-11)8-9-17-16(20)14-7-6-13(18)10-15(14)19/h6-7,10-12,18-19H,2-5,8-9H2,1H3,(H,17,20). The molecule has 0 spiro atoms. The van der Waals surface area contributed by atoms with E-state index in [9.17, 15) is 15.0 Å². The Kier molecular flexibility index (Phi) is 4.88. The molecule has 4 nitrogen and oxygen atoms in total. The van der Waals surface area contributed by atoms with Crippen LogP contribution in [0.1, 0.15) is 49.4 Å². The Labute approximate surface area is 119 Å². The molecule has 4 heteroatoms. The van der Waals surface area contributed by atoms with Gasteiger partial charge in [-0.3, -0.25) is 4.79 Å². The summed E-state index contributed by atoms with van der Waals surface area (Å²) in [5.74, 6) is 1.03. The number of benzene rings is 1. The Hall–Kier alpha value is -1.71. The average Bonchev–Trinajstić information content (AvgIpc) is 2.41. The zero-order valence-corrected chi connectivity index (χ0v) is 11.9. The molecule has 0 atom stereocenters. The fourth-order valence-electron chi connectivity index (χ4n) is 2.81. The third kappa shape index (κ3) is 3.89. The van der Waals surface area contributed by atoms with Crippen molar-refractivity contribution >= 4 is 5.91 Å². The van der Waals surface area contributed by atoms with Crippen LogP contribution in [-0.4, -0.2) is 22.7 Å². The van der Waals surface area contributed by atoms with E-state index in [1.807, 2.05) is 0 Å². The molecule has 3 N–H and O–H groups in total. The zero-order valence-electron chi connectivity index (χ0n) is 11.9. The number of carbonyl (C=O) groups excluding carboxylic acids is 1. The Morgan fingerprint density at radius 3 is 2.60 bits per heavy atom. The van der Waals surface area contributed by atoms with E-state index in [0.29, 0.717) is 12.5 Å². The summed E-state index contributed by atoms with van der Waals surface area (Å²) in [7, 11) is 0. The summed E-state index contributed by atoms with van der Waals surface area (Å²) in [5, 5.41) is 21.7. The van der Waals surface area contributed by atoms with Crippen molar-refractivity contribution in [3.05, 3.63) is 23.8 Å². The number of rotatable bonds is 4. The molecule has 2 rings (SSSR count). The third-order valence-electron chi connectivity index (χ3n) is 4.20. The number of nitrogens with one attached hydrogen (secondary N) is 1. The van der Waals surface area contributed by atoms with Gasteiger partial charge in [-0.15, -0.1) is 0 Å². The molecule has 0 radical (unpaired) electrons. The summed E-state index contributed by atoms with van der Waals surface area (Å²) in [5.41, 5.74) is 0.208. The minimum Gasteiger partial charge on any atom is -0.508 e. The first kappa shape index (κ1) is 14.7. The highest BCUT2D eigenvalue weighted by atomic mass is 16.3. The molecule has 1 aromatic rings. The summed E-state index contributed by atoms with van der Waals surface area (Å²) < 4.78 is 0. The van der Waals surface area contributed by atoms with Gasteiger partial charge in [-0.2, -0.15) is 0 Å². The van der Waals surface area contributed by atoms with Gasteiger partial charge < -0.3 is 15.5 Å². The normalized spacial score (nSPS) is 22.4. The van der Waals surface area contributed by atoms with E-state index in [2.05, 4.69) is 12.2 Å². The quantitative estimate of drug-likeness (QED) is 0.792. The van der Waals surface area contributed by atoms with Gasteiger partial charge in [-0.05, 0) is 30.4 Å². The lowest BCUT2D eigenvalue weighted by Crippen LogP contribution is -2.26. The Bertz CT molecular complexity index is 465. The van der Waals surface area contributed by atoms with Gasteiger partial charge in [-0.25, -0.2) is 0 Å². The van der Waals surface area contributed by atoms with Gasteiger partial charge in [0.25, 0.3) is 5.91 Å². The largest absolute Gasteiger partial charge is 0.508 e. The minimum absolute atomic E-state index is 0.0459. The molecule has 0 bridgehead atoms. The number of hydrogen-bond acceptors (Lipinski definition) is 3. The highest BCUT2D eigenvalue weighted by molar-refractivity contribution is 5.96. The monoisotopic (exact) mass is 277 g/mol. The first-order valence-electron chi connectivity index (χ1n) is 7.36. The molecule has 1 aliphatic rings. The minimum atomic E-state index is -0.285. The molecule has 1 fully saturated rings. The number of phenols is 2. The van der Waals surface area contributed by atoms with Crippen LogP contribution in [0.2, 0.25) is 0 Å². The summed E-state index contributed by atoms with van der Waals surface area (Å²) in [6, 6.07) is 4.01. The summed E-state index contributed by atoms with van der Waals surface area (Å²) in [6.45, 7) is 2.93. The lowest BCUT2D eigenvalue weighted by atomic mass is 9.81. The molecule has 1 aromatic carbocycles. The zero-order chi connectivity index (χ0) is 14.5. The lowest BCUT2D eigenvalue weighted by molar-refractivity contribution is 0.0947. The Morgan fingerprint density at radius 2 is 1.95 bits per heavy atom. The maximum Gasteiger partial charge on any atom is 0.255 e. The van der Waals surface area contributed by atoms with Crippen LogP contribution in [-0.2, 0) is 0 Å². The molecule has 0 heterocycles. The number of phenolic OH excluding ortho intramolecular Hbond substituents is 2. The van der Waals surface area contributed by atoms with Crippen LogP contribution in [0.15, 0.2) is 18.2 Å². The maximum absolute atomic E-state index is 11.9. The van der Waals surface area contributed by atoms with E-state index in [-0.39, 0.29) is 23.0 Å². The fourth-order valence-corrected chi connectivity index (χ4v) is 2.81. The molecule has 20 heavy (non-hydrogen) atoms. The van der Waals surface area contributed by atoms with Gasteiger partial charge >= 0.3 is 0 Å². The van der Waals surface area contributed by atoms with Gasteiger partial charge in [0.1, 0.15) is 11.5 Å². The van der Waals surface area contributed by atoms with Crippen LogP contribution < -0.4 is 5.32 Å². The van der Waals surface area contributed by atoms with Crippen LogP contribution in [0.25, 0.3) is 0 Å². The number of aromatic hydroxyl groups is 2. The van der Waals surface area contributed by atoms with Crippen LogP contribution in [0.5, 0.6) is 11.5 Å². The second-order valence-corrected chi connectivity index (χ2v) is 5.87. The van der Waals surface area contributed by atoms with E-state index < -0.39 is 0 Å². The smallest absolute Gasteiger partial charge is 0.255 e. The highest BCUT2D eigenvalue weighted by Gasteiger charge is 2.18.